The van der Waals surface area contributed by atoms with Crippen molar-refractivity contribution in [3.05, 3.63) is 70.8 Å². The Kier molecular flexibility index (Phi) is 6.76. The van der Waals surface area contributed by atoms with Crippen LogP contribution in [0.1, 0.15) is 28.4 Å². The zero-order chi connectivity index (χ0) is 22.7. The van der Waals surface area contributed by atoms with Crippen molar-refractivity contribution in [1.29, 1.82) is 0 Å². The number of aliphatic hydroxyl groups excluding tert-OH is 1. The van der Waals surface area contributed by atoms with Crippen LogP contribution in [0.4, 0.5) is 26.3 Å². The number of hydrogen-bond acceptors (Lipinski definition) is 3. The fourth-order valence-electron chi connectivity index (χ4n) is 2.59. The lowest BCUT2D eigenvalue weighted by Gasteiger charge is -2.19. The Morgan fingerprint density at radius 3 is 2.00 bits per heavy atom. The molecule has 2 rings (SSSR count). The molecule has 0 saturated heterocycles. The van der Waals surface area contributed by atoms with Gasteiger partial charge in [-0.25, -0.2) is 0 Å². The Balaban J connectivity index is 2.13. The van der Waals surface area contributed by atoms with Crippen molar-refractivity contribution in [3.8, 4) is 0 Å². The van der Waals surface area contributed by atoms with Gasteiger partial charge in [0.05, 0.1) is 11.1 Å². The van der Waals surface area contributed by atoms with E-state index in [-0.39, 0.29) is 17.5 Å². The number of aliphatic hydroxyl groups is 1. The van der Waals surface area contributed by atoms with Crippen LogP contribution in [-0.2, 0) is 28.4 Å². The number of halogens is 6. The molecule has 0 saturated carbocycles. The third-order valence-electron chi connectivity index (χ3n) is 4.16. The summed E-state index contributed by atoms with van der Waals surface area (Å²) in [6.07, 6.45) is -11.5. The minimum atomic E-state index is -4.61. The van der Waals surface area contributed by atoms with Crippen LogP contribution in [0, 0.1) is 0 Å². The van der Waals surface area contributed by atoms with Gasteiger partial charge in [-0.1, -0.05) is 30.3 Å². The molecule has 11 heteroatoms. The van der Waals surface area contributed by atoms with Gasteiger partial charge in [0, 0.05) is 6.42 Å². The lowest BCUT2D eigenvalue weighted by molar-refractivity contribution is -0.138. The standard InChI is InChI=1S/C19H16F6N2O3/c20-18(21,22)12-6-4-11(5-7-12)15(28)17(30)27-14(16(26)29)9-10-2-1-3-13(8-10)19(23,24)25/h1-8,14-15,28H,9H2,(H2,26,29)(H,27,30)/t14-,15-/m0/s1. The van der Waals surface area contributed by atoms with E-state index in [4.69, 9.17) is 5.73 Å². The molecule has 5 nitrogen and oxygen atoms in total. The number of hydrogen-bond donors (Lipinski definition) is 3. The maximum atomic E-state index is 12.8. The van der Waals surface area contributed by atoms with Crippen molar-refractivity contribution >= 4 is 11.8 Å². The summed E-state index contributed by atoms with van der Waals surface area (Å²) in [5.74, 6) is -2.22. The summed E-state index contributed by atoms with van der Waals surface area (Å²) in [7, 11) is 0. The highest BCUT2D eigenvalue weighted by molar-refractivity contribution is 5.89. The topological polar surface area (TPSA) is 92.4 Å². The van der Waals surface area contributed by atoms with Crippen molar-refractivity contribution in [1.82, 2.24) is 5.32 Å². The number of carbonyl (C=O) groups excluding carboxylic acids is 2. The van der Waals surface area contributed by atoms with Gasteiger partial charge in [-0.3, -0.25) is 9.59 Å². The third kappa shape index (κ3) is 5.96. The first kappa shape index (κ1) is 23.2. The zero-order valence-electron chi connectivity index (χ0n) is 15.1. The highest BCUT2D eigenvalue weighted by Crippen LogP contribution is 2.31. The molecule has 0 aliphatic rings. The van der Waals surface area contributed by atoms with Gasteiger partial charge < -0.3 is 16.2 Å². The minimum Gasteiger partial charge on any atom is -0.378 e. The lowest BCUT2D eigenvalue weighted by atomic mass is 10.0. The summed E-state index contributed by atoms with van der Waals surface area (Å²) in [5.41, 5.74) is 3.11. The molecular formula is C19H16F6N2O3. The molecule has 162 valence electrons. The maximum absolute atomic E-state index is 12.8. The van der Waals surface area contributed by atoms with Crippen molar-refractivity contribution in [2.45, 2.75) is 30.9 Å². The van der Waals surface area contributed by atoms with Crippen LogP contribution >= 0.6 is 0 Å². The first-order valence-corrected chi connectivity index (χ1v) is 8.40. The molecule has 2 amide bonds. The smallest absolute Gasteiger partial charge is 0.378 e. The van der Waals surface area contributed by atoms with Crippen LogP contribution in [0.15, 0.2) is 48.5 Å². The quantitative estimate of drug-likeness (QED) is 0.611. The number of rotatable bonds is 6. The molecule has 2 atom stereocenters. The van der Waals surface area contributed by atoms with E-state index in [1.807, 2.05) is 0 Å². The molecule has 2 aromatic rings. The minimum absolute atomic E-state index is 0.0537. The van der Waals surface area contributed by atoms with E-state index < -0.39 is 47.4 Å². The molecule has 0 aromatic heterocycles. The Morgan fingerprint density at radius 2 is 1.50 bits per heavy atom. The molecular weight excluding hydrogens is 418 g/mol. The van der Waals surface area contributed by atoms with Gasteiger partial charge in [0.15, 0.2) is 6.10 Å². The monoisotopic (exact) mass is 434 g/mol. The Morgan fingerprint density at radius 1 is 0.933 bits per heavy atom. The highest BCUT2D eigenvalue weighted by Gasteiger charge is 2.32. The third-order valence-corrected chi connectivity index (χ3v) is 4.16. The molecule has 0 aliphatic carbocycles. The van der Waals surface area contributed by atoms with E-state index in [9.17, 15) is 41.0 Å². The molecule has 0 heterocycles. The summed E-state index contributed by atoms with van der Waals surface area (Å²) >= 11 is 0. The van der Waals surface area contributed by atoms with Gasteiger partial charge in [0.2, 0.25) is 5.91 Å². The van der Waals surface area contributed by atoms with Crippen molar-refractivity contribution in [3.63, 3.8) is 0 Å². The van der Waals surface area contributed by atoms with Crippen LogP contribution < -0.4 is 11.1 Å². The second-order valence-electron chi connectivity index (χ2n) is 6.39. The number of carbonyl (C=O) groups is 2. The molecule has 0 spiro atoms. The fourth-order valence-corrected chi connectivity index (χ4v) is 2.59. The second kappa shape index (κ2) is 8.74. The number of amides is 2. The predicted octanol–water partition coefficient (Wildman–Crippen LogP) is 2.97. The first-order chi connectivity index (χ1) is 13.8. The van der Waals surface area contributed by atoms with E-state index in [0.717, 1.165) is 30.3 Å². The molecule has 0 aliphatic heterocycles. The number of nitrogens with one attached hydrogen (secondary N) is 1. The van der Waals surface area contributed by atoms with Gasteiger partial charge in [0.1, 0.15) is 6.04 Å². The van der Waals surface area contributed by atoms with Crippen LogP contribution in [0.3, 0.4) is 0 Å². The molecule has 0 bridgehead atoms. The fraction of sp³-hybridized carbons (Fsp3) is 0.263. The van der Waals surface area contributed by atoms with Gasteiger partial charge in [-0.2, -0.15) is 26.3 Å². The SMILES string of the molecule is NC(=O)[C@H](Cc1cccc(C(F)(F)F)c1)NC(=O)[C@@H](O)c1ccc(C(F)(F)F)cc1. The summed E-state index contributed by atoms with van der Waals surface area (Å²) in [4.78, 5) is 23.8. The largest absolute Gasteiger partial charge is 0.416 e. The lowest BCUT2D eigenvalue weighted by Crippen LogP contribution is -2.47. The van der Waals surface area contributed by atoms with Gasteiger partial charge in [0.25, 0.3) is 5.91 Å². The number of alkyl halides is 6. The van der Waals surface area contributed by atoms with E-state index in [1.54, 1.807) is 0 Å². The van der Waals surface area contributed by atoms with Gasteiger partial charge in [-0.15, -0.1) is 0 Å². The molecule has 30 heavy (non-hydrogen) atoms. The average molecular weight is 434 g/mol. The van der Waals surface area contributed by atoms with E-state index in [1.165, 1.54) is 6.07 Å². The predicted molar refractivity (Wildman–Crippen MR) is 92.7 cm³/mol. The molecule has 4 N–H and O–H groups in total. The average Bonchev–Trinajstić information content (AvgIpc) is 2.65. The van der Waals surface area contributed by atoms with E-state index >= 15 is 0 Å². The number of nitrogens with two attached hydrogens (primary N) is 1. The Labute approximate surface area is 166 Å². The maximum Gasteiger partial charge on any atom is 0.416 e. The summed E-state index contributed by atoms with van der Waals surface area (Å²) in [5, 5.41) is 12.1. The van der Waals surface area contributed by atoms with Crippen molar-refractivity contribution in [2.75, 3.05) is 0 Å². The Bertz CT molecular complexity index is 910. The van der Waals surface area contributed by atoms with Crippen LogP contribution in [0.5, 0.6) is 0 Å². The summed E-state index contributed by atoms with van der Waals surface area (Å²) < 4.78 is 76.2. The van der Waals surface area contributed by atoms with Crippen LogP contribution in [-0.4, -0.2) is 23.0 Å². The van der Waals surface area contributed by atoms with Crippen LogP contribution in [0.2, 0.25) is 0 Å². The van der Waals surface area contributed by atoms with Crippen molar-refractivity contribution < 1.29 is 41.0 Å². The highest BCUT2D eigenvalue weighted by atomic mass is 19.4. The van der Waals surface area contributed by atoms with E-state index in [2.05, 4.69) is 5.32 Å². The molecule has 2 aromatic carbocycles. The Hall–Kier alpha value is -3.08. The summed E-state index contributed by atoms with van der Waals surface area (Å²) in [6.45, 7) is 0. The molecule has 0 radical (unpaired) electrons. The second-order valence-corrected chi connectivity index (χ2v) is 6.39. The first-order valence-electron chi connectivity index (χ1n) is 8.40. The number of primary amides is 1. The zero-order valence-corrected chi connectivity index (χ0v) is 15.1. The van der Waals surface area contributed by atoms with Gasteiger partial charge >= 0.3 is 12.4 Å². The van der Waals surface area contributed by atoms with E-state index in [0.29, 0.717) is 12.1 Å². The van der Waals surface area contributed by atoms with Crippen molar-refractivity contribution in [2.24, 2.45) is 5.73 Å². The normalized spacial score (nSPS) is 14.1. The summed E-state index contributed by atoms with van der Waals surface area (Å²) in [6, 6.07) is 5.69. The number of benzene rings is 2. The van der Waals surface area contributed by atoms with Gasteiger partial charge in [-0.05, 0) is 29.3 Å². The molecule has 0 unspecified atom stereocenters. The van der Waals surface area contributed by atoms with Crippen LogP contribution in [0.25, 0.3) is 0 Å². The molecule has 0 fully saturated rings.